The molecule has 0 unspecified atom stereocenters. The van der Waals surface area contributed by atoms with Crippen molar-refractivity contribution >= 4 is 0 Å². The number of methoxy groups -OCH3 is 1. The van der Waals surface area contributed by atoms with Crippen LogP contribution in [0.15, 0.2) is 53.3 Å². The molecule has 2 aromatic carbocycles. The molecule has 0 aliphatic carbocycles. The molecule has 2 heterocycles. The third kappa shape index (κ3) is 5.83. The van der Waals surface area contributed by atoms with Crippen LogP contribution in [-0.2, 0) is 13.0 Å². The lowest BCUT2D eigenvalue weighted by atomic mass is 10.1. The van der Waals surface area contributed by atoms with Crippen molar-refractivity contribution < 1.29 is 13.5 Å². The summed E-state index contributed by atoms with van der Waals surface area (Å²) in [5.41, 5.74) is 2.28. The van der Waals surface area contributed by atoms with Gasteiger partial charge in [0.15, 0.2) is 11.6 Å². The zero-order valence-electron chi connectivity index (χ0n) is 18.7. The number of nitrogens with zero attached hydrogens (tertiary/aromatic N) is 3. The Labute approximate surface area is 191 Å². The van der Waals surface area contributed by atoms with E-state index in [1.54, 1.807) is 30.3 Å². The SMILES string of the molecule is COc1ccc(-c2cc(CCCN3CCNCC3)c(=O)n(Cc3ccc(F)cc3)n2)cc1F. The zero-order valence-corrected chi connectivity index (χ0v) is 18.7. The van der Waals surface area contributed by atoms with Crippen molar-refractivity contribution in [3.05, 3.63) is 81.6 Å². The van der Waals surface area contributed by atoms with Gasteiger partial charge in [-0.05, 0) is 61.3 Å². The van der Waals surface area contributed by atoms with E-state index in [-0.39, 0.29) is 23.7 Å². The van der Waals surface area contributed by atoms with Crippen molar-refractivity contribution in [1.29, 1.82) is 0 Å². The molecule has 0 atom stereocenters. The van der Waals surface area contributed by atoms with E-state index in [0.717, 1.165) is 44.7 Å². The molecule has 1 aliphatic heterocycles. The highest BCUT2D eigenvalue weighted by Gasteiger charge is 2.14. The molecule has 1 saturated heterocycles. The number of rotatable bonds is 8. The minimum Gasteiger partial charge on any atom is -0.494 e. The van der Waals surface area contributed by atoms with E-state index in [4.69, 9.17) is 4.74 Å². The molecule has 4 rings (SSSR count). The Morgan fingerprint density at radius 2 is 1.82 bits per heavy atom. The third-order valence-corrected chi connectivity index (χ3v) is 5.87. The van der Waals surface area contributed by atoms with E-state index >= 15 is 0 Å². The van der Waals surface area contributed by atoms with Gasteiger partial charge in [-0.3, -0.25) is 4.79 Å². The van der Waals surface area contributed by atoms with Crippen molar-refractivity contribution in [2.45, 2.75) is 19.4 Å². The fourth-order valence-electron chi connectivity index (χ4n) is 4.04. The van der Waals surface area contributed by atoms with E-state index in [1.165, 1.54) is 30.0 Å². The predicted molar refractivity (Wildman–Crippen MR) is 124 cm³/mol. The number of benzene rings is 2. The lowest BCUT2D eigenvalue weighted by Crippen LogP contribution is -2.43. The number of ether oxygens (including phenoxy) is 1. The van der Waals surface area contributed by atoms with Crippen molar-refractivity contribution in [2.75, 3.05) is 39.8 Å². The fourth-order valence-corrected chi connectivity index (χ4v) is 4.04. The summed E-state index contributed by atoms with van der Waals surface area (Å²) in [5, 5.41) is 7.84. The number of nitrogens with one attached hydrogen (secondary N) is 1. The van der Waals surface area contributed by atoms with Gasteiger partial charge < -0.3 is 15.0 Å². The van der Waals surface area contributed by atoms with Crippen molar-refractivity contribution in [3.8, 4) is 17.0 Å². The minimum atomic E-state index is -0.492. The van der Waals surface area contributed by atoms with Crippen molar-refractivity contribution in [2.24, 2.45) is 0 Å². The first-order valence-electron chi connectivity index (χ1n) is 11.2. The molecule has 8 heteroatoms. The number of aryl methyl sites for hydroxylation is 1. The summed E-state index contributed by atoms with van der Waals surface area (Å²) in [4.78, 5) is 15.6. The monoisotopic (exact) mass is 454 g/mol. The lowest BCUT2D eigenvalue weighted by molar-refractivity contribution is 0.238. The maximum atomic E-state index is 14.3. The molecular weight excluding hydrogens is 426 g/mol. The number of aromatic nitrogens is 2. The summed E-state index contributed by atoms with van der Waals surface area (Å²) in [6.45, 7) is 5.08. The van der Waals surface area contributed by atoms with Gasteiger partial charge in [-0.1, -0.05) is 12.1 Å². The highest BCUT2D eigenvalue weighted by Crippen LogP contribution is 2.24. The van der Waals surface area contributed by atoms with Gasteiger partial charge in [-0.15, -0.1) is 0 Å². The average Bonchev–Trinajstić information content (AvgIpc) is 2.83. The second kappa shape index (κ2) is 10.7. The molecule has 6 nitrogen and oxygen atoms in total. The van der Waals surface area contributed by atoms with Gasteiger partial charge in [-0.2, -0.15) is 5.10 Å². The topological polar surface area (TPSA) is 59.4 Å². The fraction of sp³-hybridized carbons (Fsp3) is 0.360. The van der Waals surface area contributed by atoms with Gasteiger partial charge in [0, 0.05) is 37.3 Å². The number of halogens is 2. The Bertz CT molecular complexity index is 1140. The molecule has 0 amide bonds. The summed E-state index contributed by atoms with van der Waals surface area (Å²) in [6.07, 6.45) is 1.44. The van der Waals surface area contributed by atoms with E-state index in [2.05, 4.69) is 15.3 Å². The highest BCUT2D eigenvalue weighted by atomic mass is 19.1. The summed E-state index contributed by atoms with van der Waals surface area (Å²) in [5.74, 6) is -0.682. The van der Waals surface area contributed by atoms with Crippen LogP contribution in [0, 0.1) is 11.6 Å². The summed E-state index contributed by atoms with van der Waals surface area (Å²) < 4.78 is 34.0. The van der Waals surface area contributed by atoms with E-state index < -0.39 is 5.82 Å². The first-order chi connectivity index (χ1) is 16.0. The number of piperazine rings is 1. The molecule has 0 bridgehead atoms. The first kappa shape index (κ1) is 23.1. The van der Waals surface area contributed by atoms with Crippen molar-refractivity contribution in [3.63, 3.8) is 0 Å². The summed E-state index contributed by atoms with van der Waals surface area (Å²) in [6, 6.07) is 12.4. The molecular formula is C25H28F2N4O2. The van der Waals surface area contributed by atoms with Crippen LogP contribution in [0.3, 0.4) is 0 Å². The van der Waals surface area contributed by atoms with Gasteiger partial charge in [0.2, 0.25) is 0 Å². The summed E-state index contributed by atoms with van der Waals surface area (Å²) >= 11 is 0. The van der Waals surface area contributed by atoms with Crippen LogP contribution in [0.25, 0.3) is 11.3 Å². The van der Waals surface area contributed by atoms with Gasteiger partial charge in [-0.25, -0.2) is 13.5 Å². The molecule has 3 aromatic rings. The van der Waals surface area contributed by atoms with Crippen LogP contribution in [0.2, 0.25) is 0 Å². The van der Waals surface area contributed by atoms with Gasteiger partial charge >= 0.3 is 0 Å². The lowest BCUT2D eigenvalue weighted by Gasteiger charge is -2.27. The van der Waals surface area contributed by atoms with Crippen LogP contribution < -0.4 is 15.6 Å². The predicted octanol–water partition coefficient (Wildman–Crippen LogP) is 3.08. The molecule has 174 valence electrons. The van der Waals surface area contributed by atoms with Crippen LogP contribution in [-0.4, -0.2) is 54.5 Å². The quantitative estimate of drug-likeness (QED) is 0.567. The first-order valence-corrected chi connectivity index (χ1v) is 11.2. The average molecular weight is 455 g/mol. The van der Waals surface area contributed by atoms with E-state index in [1.807, 2.05) is 0 Å². The van der Waals surface area contributed by atoms with E-state index in [9.17, 15) is 13.6 Å². The Kier molecular flexibility index (Phi) is 7.47. The normalized spacial score (nSPS) is 14.4. The van der Waals surface area contributed by atoms with Crippen LogP contribution in [0.5, 0.6) is 5.75 Å². The van der Waals surface area contributed by atoms with Gasteiger partial charge in [0.1, 0.15) is 5.82 Å². The van der Waals surface area contributed by atoms with Gasteiger partial charge in [0.05, 0.1) is 19.3 Å². The molecule has 1 aliphatic rings. The largest absolute Gasteiger partial charge is 0.494 e. The maximum absolute atomic E-state index is 14.3. The Morgan fingerprint density at radius 3 is 2.52 bits per heavy atom. The second-order valence-electron chi connectivity index (χ2n) is 8.19. The Hall–Kier alpha value is -3.10. The third-order valence-electron chi connectivity index (χ3n) is 5.87. The molecule has 1 aromatic heterocycles. The molecule has 33 heavy (non-hydrogen) atoms. The Balaban J connectivity index is 1.63. The molecule has 0 spiro atoms. The number of hydrogen-bond donors (Lipinski definition) is 1. The highest BCUT2D eigenvalue weighted by molar-refractivity contribution is 5.60. The van der Waals surface area contributed by atoms with Gasteiger partial charge in [0.25, 0.3) is 5.56 Å². The van der Waals surface area contributed by atoms with Crippen molar-refractivity contribution in [1.82, 2.24) is 20.0 Å². The maximum Gasteiger partial charge on any atom is 0.270 e. The van der Waals surface area contributed by atoms with Crippen LogP contribution >= 0.6 is 0 Å². The molecule has 1 fully saturated rings. The van der Waals surface area contributed by atoms with E-state index in [0.29, 0.717) is 23.2 Å². The van der Waals surface area contributed by atoms with Crippen LogP contribution in [0.4, 0.5) is 8.78 Å². The Morgan fingerprint density at radius 1 is 1.06 bits per heavy atom. The molecule has 0 saturated carbocycles. The molecule has 0 radical (unpaired) electrons. The molecule has 1 N–H and O–H groups in total. The van der Waals surface area contributed by atoms with Crippen LogP contribution in [0.1, 0.15) is 17.5 Å². The summed E-state index contributed by atoms with van der Waals surface area (Å²) in [7, 11) is 1.41. The zero-order chi connectivity index (χ0) is 23.2. The standard InChI is InChI=1S/C25H28F2N4O2/c1-33-24-9-6-19(15-22(24)27)23-16-20(3-2-12-30-13-10-28-11-14-30)25(32)31(29-23)17-18-4-7-21(26)8-5-18/h4-9,15-16,28H,2-3,10-14,17H2,1H3. The minimum absolute atomic E-state index is 0.148. The second-order valence-corrected chi connectivity index (χ2v) is 8.19. The smallest absolute Gasteiger partial charge is 0.270 e. The number of hydrogen-bond acceptors (Lipinski definition) is 5.